The van der Waals surface area contributed by atoms with Gasteiger partial charge in [-0.25, -0.2) is 9.59 Å². The van der Waals surface area contributed by atoms with Crippen molar-refractivity contribution >= 4 is 35.8 Å². The fraction of sp³-hybridized carbons (Fsp3) is 0.700. The molecule has 0 aromatic carbocycles. The highest BCUT2D eigenvalue weighted by Gasteiger charge is 2.84. The van der Waals surface area contributed by atoms with Gasteiger partial charge < -0.3 is 48.8 Å². The highest BCUT2D eigenvalue weighted by molar-refractivity contribution is 5.94. The molecule has 4 aliphatic rings. The standard InChI is InChI=1S/C20H22O16/c1-2-9(21)3-4-18-19(32-11(23)6-16(28,14(26)35-18)5-10(22)31-18)20(30)34-13(25)8-17(29,15(27)36-20)7-12(24)33-19/h9,21,28-30H,2-8H2,1H3. The molecule has 0 aliphatic carbocycles. The molecule has 16 nitrogen and oxygen atoms in total. The largest absolute Gasteiger partial charge is 0.465 e. The Bertz CT molecular complexity index is 1040. The molecule has 4 aliphatic heterocycles. The van der Waals surface area contributed by atoms with Crippen LogP contribution in [-0.2, 0) is 57.2 Å². The third kappa shape index (κ3) is 3.76. The molecule has 0 aromatic heterocycles. The average molecular weight is 518 g/mol. The van der Waals surface area contributed by atoms with Crippen molar-refractivity contribution in [3.8, 4) is 0 Å². The Morgan fingerprint density at radius 2 is 1.14 bits per heavy atom. The zero-order valence-electron chi connectivity index (χ0n) is 18.7. The van der Waals surface area contributed by atoms with Gasteiger partial charge in [0.05, 0.1) is 31.8 Å². The van der Waals surface area contributed by atoms with Crippen molar-refractivity contribution < 1.29 is 77.6 Å². The van der Waals surface area contributed by atoms with Gasteiger partial charge in [-0.1, -0.05) is 6.92 Å². The molecule has 4 fully saturated rings. The molecule has 4 saturated heterocycles. The molecule has 6 atom stereocenters. The van der Waals surface area contributed by atoms with E-state index in [2.05, 4.69) is 0 Å². The summed E-state index contributed by atoms with van der Waals surface area (Å²) in [5.41, 5.74) is -5.68. The highest BCUT2D eigenvalue weighted by Crippen LogP contribution is 2.52. The second-order valence-corrected chi connectivity index (χ2v) is 9.00. The molecule has 0 saturated carbocycles. The topological polar surface area (TPSA) is 239 Å². The third-order valence-corrected chi connectivity index (χ3v) is 6.24. The number of ether oxygens (including phenoxy) is 6. The van der Waals surface area contributed by atoms with Crippen molar-refractivity contribution in [3.05, 3.63) is 0 Å². The third-order valence-electron chi connectivity index (χ3n) is 6.24. The first-order valence-electron chi connectivity index (χ1n) is 10.8. The van der Waals surface area contributed by atoms with Crippen LogP contribution in [-0.4, -0.2) is 91.1 Å². The molecular formula is C20H22O16. The zero-order valence-corrected chi connectivity index (χ0v) is 18.7. The minimum atomic E-state index is -3.99. The lowest BCUT2D eigenvalue weighted by molar-refractivity contribution is -0.501. The zero-order chi connectivity index (χ0) is 26.7. The van der Waals surface area contributed by atoms with Crippen LogP contribution >= 0.6 is 0 Å². The van der Waals surface area contributed by atoms with E-state index in [0.29, 0.717) is 0 Å². The first-order valence-corrected chi connectivity index (χ1v) is 10.8. The highest BCUT2D eigenvalue weighted by atomic mass is 16.9. The molecule has 36 heavy (non-hydrogen) atoms. The van der Waals surface area contributed by atoms with Crippen molar-refractivity contribution in [1.82, 2.24) is 0 Å². The van der Waals surface area contributed by atoms with Gasteiger partial charge in [-0.2, -0.15) is 0 Å². The Morgan fingerprint density at radius 3 is 1.64 bits per heavy atom. The van der Waals surface area contributed by atoms with Crippen LogP contribution in [0.15, 0.2) is 0 Å². The van der Waals surface area contributed by atoms with Crippen molar-refractivity contribution in [1.29, 1.82) is 0 Å². The van der Waals surface area contributed by atoms with E-state index >= 15 is 0 Å². The number of aliphatic hydroxyl groups excluding tert-OH is 1. The van der Waals surface area contributed by atoms with Crippen molar-refractivity contribution in [3.63, 3.8) is 0 Å². The van der Waals surface area contributed by atoms with Crippen LogP contribution in [0.5, 0.6) is 0 Å². The van der Waals surface area contributed by atoms with E-state index in [9.17, 15) is 49.2 Å². The Morgan fingerprint density at radius 1 is 0.694 bits per heavy atom. The summed E-state index contributed by atoms with van der Waals surface area (Å²) in [4.78, 5) is 76.5. The smallest absolute Gasteiger partial charge is 0.414 e. The molecule has 16 heteroatoms. The molecule has 0 amide bonds. The summed E-state index contributed by atoms with van der Waals surface area (Å²) in [7, 11) is 0. The van der Waals surface area contributed by atoms with Gasteiger partial charge >= 0.3 is 53.4 Å². The van der Waals surface area contributed by atoms with Gasteiger partial charge in [0.25, 0.3) is 0 Å². The van der Waals surface area contributed by atoms with Crippen LogP contribution < -0.4 is 0 Å². The summed E-state index contributed by atoms with van der Waals surface area (Å²) >= 11 is 0. The number of hydrogen-bond acceptors (Lipinski definition) is 16. The summed E-state index contributed by atoms with van der Waals surface area (Å²) in [6.07, 6.45) is -7.41. The van der Waals surface area contributed by atoms with E-state index in [1.165, 1.54) is 0 Å². The first kappa shape index (κ1) is 25.7. The molecule has 198 valence electrons. The second kappa shape index (κ2) is 8.09. The summed E-state index contributed by atoms with van der Waals surface area (Å²) in [6.45, 7) is 1.54. The van der Waals surface area contributed by atoms with Crippen LogP contribution in [0.3, 0.4) is 0 Å². The summed E-state index contributed by atoms with van der Waals surface area (Å²) in [5.74, 6) is -20.7. The number of aliphatic hydroxyl groups is 4. The molecule has 1 spiro atoms. The van der Waals surface area contributed by atoms with Crippen LogP contribution in [0.4, 0.5) is 0 Å². The first-order chi connectivity index (χ1) is 16.6. The average Bonchev–Trinajstić information content (AvgIpc) is 2.85. The lowest BCUT2D eigenvalue weighted by Gasteiger charge is -2.50. The summed E-state index contributed by atoms with van der Waals surface area (Å²) in [6, 6.07) is 0. The predicted octanol–water partition coefficient (Wildman–Crippen LogP) is -3.09. The van der Waals surface area contributed by atoms with Crippen LogP contribution in [0.1, 0.15) is 51.9 Å². The molecule has 0 radical (unpaired) electrons. The quantitative estimate of drug-likeness (QED) is 0.213. The van der Waals surface area contributed by atoms with Crippen LogP contribution in [0.2, 0.25) is 0 Å². The van der Waals surface area contributed by atoms with Gasteiger partial charge in [-0.3, -0.25) is 19.2 Å². The normalized spacial score (nSPS) is 41.2. The van der Waals surface area contributed by atoms with Gasteiger partial charge in [0, 0.05) is 6.42 Å². The van der Waals surface area contributed by atoms with Gasteiger partial charge in [0.1, 0.15) is 0 Å². The summed E-state index contributed by atoms with van der Waals surface area (Å²) < 4.78 is 30.2. The molecule has 4 bridgehead atoms. The van der Waals surface area contributed by atoms with Crippen molar-refractivity contribution in [2.24, 2.45) is 0 Å². The Hall–Kier alpha value is -3.34. The minimum Gasteiger partial charge on any atom is -0.414 e. The number of rotatable bonds is 4. The van der Waals surface area contributed by atoms with Crippen molar-refractivity contribution in [2.45, 2.75) is 86.7 Å². The Labute approximate surface area is 200 Å². The molecule has 4 rings (SSSR count). The lowest BCUT2D eigenvalue weighted by Crippen LogP contribution is -2.77. The van der Waals surface area contributed by atoms with E-state index in [0.717, 1.165) is 0 Å². The van der Waals surface area contributed by atoms with Gasteiger partial charge in [0.15, 0.2) is 11.2 Å². The molecular weight excluding hydrogens is 496 g/mol. The van der Waals surface area contributed by atoms with Crippen LogP contribution in [0, 0.1) is 0 Å². The number of carbonyl (C=O) groups is 6. The van der Waals surface area contributed by atoms with Gasteiger partial charge in [-0.05, 0) is 12.8 Å². The van der Waals surface area contributed by atoms with Crippen LogP contribution in [0.25, 0.3) is 0 Å². The Kier molecular flexibility index (Phi) is 5.78. The monoisotopic (exact) mass is 518 g/mol. The lowest BCUT2D eigenvalue weighted by atomic mass is 9.91. The number of fused-ring (bicyclic) bond motifs is 8. The fourth-order valence-electron chi connectivity index (χ4n) is 4.32. The molecule has 0 aromatic rings. The minimum absolute atomic E-state index is 0.0930. The van der Waals surface area contributed by atoms with E-state index in [-0.39, 0.29) is 6.42 Å². The number of carbonyl (C=O) groups excluding carboxylic acids is 6. The Balaban J connectivity index is 2.02. The molecule has 6 unspecified atom stereocenters. The molecule has 4 N–H and O–H groups in total. The predicted molar refractivity (Wildman–Crippen MR) is 101 cm³/mol. The van der Waals surface area contributed by atoms with E-state index in [1.807, 2.05) is 0 Å². The van der Waals surface area contributed by atoms with E-state index in [4.69, 9.17) is 28.4 Å². The number of hydrogen-bond donors (Lipinski definition) is 4. The maximum atomic E-state index is 12.9. The van der Waals surface area contributed by atoms with Gasteiger partial charge in [0.2, 0.25) is 0 Å². The van der Waals surface area contributed by atoms with E-state index in [1.54, 1.807) is 6.92 Å². The SMILES string of the molecule is CCC(O)CCC12OC(=O)CC(O)(CC(=O)OC13OC(=O)CC1(O)CC(=O)OC3(O)OC1=O)C(=O)O2. The maximum Gasteiger partial charge on any atom is 0.465 e. The second-order valence-electron chi connectivity index (χ2n) is 9.00. The summed E-state index contributed by atoms with van der Waals surface area (Å²) in [5, 5.41) is 42.6. The number of esters is 6. The van der Waals surface area contributed by atoms with Gasteiger partial charge in [-0.15, -0.1) is 0 Å². The van der Waals surface area contributed by atoms with E-state index < -0.39 is 109 Å². The maximum absolute atomic E-state index is 12.9. The van der Waals surface area contributed by atoms with Crippen molar-refractivity contribution in [2.75, 3.05) is 0 Å². The fourth-order valence-corrected chi connectivity index (χ4v) is 4.32. The molecule has 4 heterocycles.